The summed E-state index contributed by atoms with van der Waals surface area (Å²) < 4.78 is 5.44. The van der Waals surface area contributed by atoms with Gasteiger partial charge in [-0.25, -0.2) is 0 Å². The second kappa shape index (κ2) is 4.78. The Morgan fingerprint density at radius 2 is 2.24 bits per heavy atom. The van der Waals surface area contributed by atoms with Gasteiger partial charge in [-0.1, -0.05) is 20.3 Å². The first kappa shape index (κ1) is 12.0. The van der Waals surface area contributed by atoms with Crippen LogP contribution in [0.4, 0.5) is 0 Å². The molecule has 0 saturated carbocycles. The zero-order valence-corrected chi connectivity index (χ0v) is 10.5. The molecule has 0 fully saturated rings. The molecular formula is C14H19NO2. The molecule has 0 spiro atoms. The Hall–Kier alpha value is -1.51. The molecule has 0 bridgehead atoms. The highest BCUT2D eigenvalue weighted by atomic mass is 16.3. The summed E-state index contributed by atoms with van der Waals surface area (Å²) in [5.41, 5.74) is -0.572. The van der Waals surface area contributed by atoms with Gasteiger partial charge in [0.2, 0.25) is 5.91 Å². The molecule has 3 nitrogen and oxygen atoms in total. The van der Waals surface area contributed by atoms with Gasteiger partial charge >= 0.3 is 0 Å². The monoisotopic (exact) mass is 233 g/mol. The maximum atomic E-state index is 12.5. The number of carbonyl (C=O) groups is 1. The van der Waals surface area contributed by atoms with Crippen molar-refractivity contribution in [3.8, 4) is 0 Å². The molecule has 1 aliphatic rings. The highest BCUT2D eigenvalue weighted by molar-refractivity contribution is 5.93. The Morgan fingerprint density at radius 1 is 1.41 bits per heavy atom. The Kier molecular flexibility index (Phi) is 3.36. The third-order valence-electron chi connectivity index (χ3n) is 3.45. The second-order valence-electron chi connectivity index (χ2n) is 4.47. The number of hydrogen-bond acceptors (Lipinski definition) is 2. The van der Waals surface area contributed by atoms with Crippen LogP contribution in [0.5, 0.6) is 0 Å². The van der Waals surface area contributed by atoms with Crippen LogP contribution in [-0.4, -0.2) is 17.4 Å². The summed E-state index contributed by atoms with van der Waals surface area (Å²) in [4.78, 5) is 14.3. The van der Waals surface area contributed by atoms with E-state index in [-0.39, 0.29) is 5.91 Å². The molecule has 1 aromatic rings. The molecule has 2 heterocycles. The number of furan rings is 1. The van der Waals surface area contributed by atoms with Gasteiger partial charge in [0.05, 0.1) is 6.26 Å². The van der Waals surface area contributed by atoms with Crippen LogP contribution >= 0.6 is 0 Å². The van der Waals surface area contributed by atoms with Crippen LogP contribution < -0.4 is 0 Å². The zero-order chi connectivity index (χ0) is 12.3. The fourth-order valence-electron chi connectivity index (χ4n) is 2.28. The van der Waals surface area contributed by atoms with Gasteiger partial charge in [0.15, 0.2) is 0 Å². The van der Waals surface area contributed by atoms with Crippen LogP contribution in [0.2, 0.25) is 0 Å². The first-order valence-corrected chi connectivity index (χ1v) is 6.29. The summed E-state index contributed by atoms with van der Waals surface area (Å²) in [5, 5.41) is 0. The van der Waals surface area contributed by atoms with Crippen LogP contribution in [0.15, 0.2) is 35.1 Å². The average molecular weight is 233 g/mol. The third kappa shape index (κ3) is 1.90. The SMILES string of the molecule is CCCCN1C=CC(CC)(c2ccco2)C1=O. The van der Waals surface area contributed by atoms with E-state index in [2.05, 4.69) is 6.92 Å². The van der Waals surface area contributed by atoms with E-state index in [1.807, 2.05) is 36.2 Å². The fourth-order valence-corrected chi connectivity index (χ4v) is 2.28. The molecule has 1 amide bonds. The van der Waals surface area contributed by atoms with E-state index >= 15 is 0 Å². The first-order chi connectivity index (χ1) is 8.24. The molecule has 1 aromatic heterocycles. The molecular weight excluding hydrogens is 214 g/mol. The quantitative estimate of drug-likeness (QED) is 0.783. The Bertz CT molecular complexity index is 408. The summed E-state index contributed by atoms with van der Waals surface area (Å²) in [6, 6.07) is 3.72. The van der Waals surface area contributed by atoms with Gasteiger partial charge in [-0.2, -0.15) is 0 Å². The average Bonchev–Trinajstić information content (AvgIpc) is 2.96. The molecule has 1 atom stereocenters. The van der Waals surface area contributed by atoms with Crippen molar-refractivity contribution in [1.82, 2.24) is 4.90 Å². The van der Waals surface area contributed by atoms with Crippen molar-refractivity contribution >= 4 is 5.91 Å². The van der Waals surface area contributed by atoms with Crippen molar-refractivity contribution in [3.63, 3.8) is 0 Å². The molecule has 17 heavy (non-hydrogen) atoms. The summed E-state index contributed by atoms with van der Waals surface area (Å²) >= 11 is 0. The van der Waals surface area contributed by atoms with Crippen molar-refractivity contribution in [2.45, 2.75) is 38.5 Å². The molecule has 0 radical (unpaired) electrons. The summed E-state index contributed by atoms with van der Waals surface area (Å²) in [7, 11) is 0. The van der Waals surface area contributed by atoms with E-state index in [4.69, 9.17) is 4.42 Å². The van der Waals surface area contributed by atoms with Gasteiger partial charge in [0, 0.05) is 12.7 Å². The lowest BCUT2D eigenvalue weighted by atomic mass is 9.83. The zero-order valence-electron chi connectivity index (χ0n) is 10.5. The normalized spacial score (nSPS) is 23.6. The van der Waals surface area contributed by atoms with Crippen molar-refractivity contribution in [1.29, 1.82) is 0 Å². The van der Waals surface area contributed by atoms with Gasteiger partial charge in [0.25, 0.3) is 0 Å². The van der Waals surface area contributed by atoms with Crippen LogP contribution in [-0.2, 0) is 10.2 Å². The first-order valence-electron chi connectivity index (χ1n) is 6.29. The summed E-state index contributed by atoms with van der Waals surface area (Å²) in [6.45, 7) is 4.95. The van der Waals surface area contributed by atoms with E-state index < -0.39 is 5.41 Å². The minimum atomic E-state index is -0.572. The van der Waals surface area contributed by atoms with E-state index in [0.717, 1.165) is 31.6 Å². The van der Waals surface area contributed by atoms with Crippen molar-refractivity contribution < 1.29 is 9.21 Å². The maximum absolute atomic E-state index is 12.5. The van der Waals surface area contributed by atoms with E-state index in [1.165, 1.54) is 0 Å². The highest BCUT2D eigenvalue weighted by Gasteiger charge is 2.44. The molecule has 92 valence electrons. The summed E-state index contributed by atoms with van der Waals surface area (Å²) in [6.07, 6.45) is 8.38. The Labute approximate surface area is 102 Å². The molecule has 1 aliphatic heterocycles. The predicted octanol–water partition coefficient (Wildman–Crippen LogP) is 3.08. The highest BCUT2D eigenvalue weighted by Crippen LogP contribution is 2.36. The van der Waals surface area contributed by atoms with E-state index in [9.17, 15) is 4.79 Å². The second-order valence-corrected chi connectivity index (χ2v) is 4.47. The van der Waals surface area contributed by atoms with Crippen molar-refractivity contribution in [2.24, 2.45) is 0 Å². The number of unbranched alkanes of at least 4 members (excludes halogenated alkanes) is 1. The van der Waals surface area contributed by atoms with Gasteiger partial charge < -0.3 is 9.32 Å². The van der Waals surface area contributed by atoms with Crippen LogP contribution in [0, 0.1) is 0 Å². The number of hydrogen-bond donors (Lipinski definition) is 0. The Balaban J connectivity index is 2.22. The smallest absolute Gasteiger partial charge is 0.244 e. The fraction of sp³-hybridized carbons (Fsp3) is 0.500. The van der Waals surface area contributed by atoms with Gasteiger partial charge in [-0.05, 0) is 31.1 Å². The van der Waals surface area contributed by atoms with Gasteiger partial charge in [0.1, 0.15) is 11.2 Å². The number of rotatable bonds is 5. The minimum Gasteiger partial charge on any atom is -0.468 e. The van der Waals surface area contributed by atoms with Crippen LogP contribution in [0.25, 0.3) is 0 Å². The van der Waals surface area contributed by atoms with E-state index in [1.54, 1.807) is 6.26 Å². The summed E-state index contributed by atoms with van der Waals surface area (Å²) in [5.74, 6) is 0.892. The number of carbonyl (C=O) groups excluding carboxylic acids is 1. The lowest BCUT2D eigenvalue weighted by Gasteiger charge is -2.24. The lowest BCUT2D eigenvalue weighted by Crippen LogP contribution is -2.38. The number of amides is 1. The molecule has 0 aliphatic carbocycles. The molecule has 1 unspecified atom stereocenters. The third-order valence-corrected chi connectivity index (χ3v) is 3.45. The molecule has 0 N–H and O–H groups in total. The predicted molar refractivity (Wildman–Crippen MR) is 66.4 cm³/mol. The van der Waals surface area contributed by atoms with E-state index in [0.29, 0.717) is 0 Å². The topological polar surface area (TPSA) is 33.5 Å². The Morgan fingerprint density at radius 3 is 2.82 bits per heavy atom. The van der Waals surface area contributed by atoms with Crippen molar-refractivity contribution in [2.75, 3.05) is 6.54 Å². The van der Waals surface area contributed by atoms with Crippen LogP contribution in [0.1, 0.15) is 38.9 Å². The largest absolute Gasteiger partial charge is 0.468 e. The van der Waals surface area contributed by atoms with Crippen molar-refractivity contribution in [3.05, 3.63) is 36.4 Å². The van der Waals surface area contributed by atoms with Gasteiger partial charge in [-0.3, -0.25) is 4.79 Å². The van der Waals surface area contributed by atoms with Gasteiger partial charge in [-0.15, -0.1) is 0 Å². The molecule has 3 heteroatoms. The minimum absolute atomic E-state index is 0.142. The lowest BCUT2D eigenvalue weighted by molar-refractivity contribution is -0.132. The molecule has 0 saturated heterocycles. The molecule has 0 aromatic carbocycles. The van der Waals surface area contributed by atoms with Crippen LogP contribution in [0.3, 0.4) is 0 Å². The standard InChI is InChI=1S/C14H19NO2/c1-3-5-9-15-10-8-14(4-2,13(15)16)12-7-6-11-17-12/h6-8,10-11H,3-5,9H2,1-2H3. The maximum Gasteiger partial charge on any atom is 0.244 e. The molecule has 2 rings (SSSR count). The number of nitrogens with zero attached hydrogens (tertiary/aromatic N) is 1.